The zero-order valence-electron chi connectivity index (χ0n) is 15.4. The molecule has 0 aliphatic carbocycles. The van der Waals surface area contributed by atoms with Crippen LogP contribution < -0.4 is 15.4 Å². The molecule has 0 amide bonds. The van der Waals surface area contributed by atoms with Gasteiger partial charge in [-0.05, 0) is 28.1 Å². The first-order valence-electron chi connectivity index (χ1n) is 8.49. The number of guanidine groups is 1. The van der Waals surface area contributed by atoms with E-state index in [0.717, 1.165) is 44.8 Å². The van der Waals surface area contributed by atoms with Crippen LogP contribution in [-0.2, 0) is 11.5 Å². The smallest absolute Gasteiger partial charge is 0.204 e. The first-order chi connectivity index (χ1) is 13.7. The van der Waals surface area contributed by atoms with Gasteiger partial charge < -0.3 is 15.0 Å². The molecule has 11 heteroatoms. The van der Waals surface area contributed by atoms with Crippen molar-refractivity contribution < 1.29 is 4.74 Å². The number of aromatic amines is 1. The van der Waals surface area contributed by atoms with Gasteiger partial charge in [0, 0.05) is 35.8 Å². The number of nitriles is 1. The van der Waals surface area contributed by atoms with Crippen molar-refractivity contribution in [2.75, 3.05) is 31.7 Å². The SMILES string of the molecule is COc1cccnc1CSCCN/C(=N/CCSCc1nc[nH]c1Br)NC#N. The molecule has 0 fully saturated rings. The van der Waals surface area contributed by atoms with Crippen molar-refractivity contribution in [3.05, 3.63) is 40.6 Å². The molecule has 2 rings (SSSR count). The molecule has 0 aliphatic rings. The zero-order valence-corrected chi connectivity index (χ0v) is 18.7. The monoisotopic (exact) mass is 483 g/mol. The van der Waals surface area contributed by atoms with Crippen LogP contribution in [0.5, 0.6) is 5.75 Å². The van der Waals surface area contributed by atoms with Gasteiger partial charge in [-0.25, -0.2) is 4.98 Å². The number of methoxy groups -OCH3 is 1. The van der Waals surface area contributed by atoms with E-state index in [4.69, 9.17) is 10.00 Å². The third-order valence-electron chi connectivity index (χ3n) is 3.43. The lowest BCUT2D eigenvalue weighted by molar-refractivity contribution is 0.409. The highest BCUT2D eigenvalue weighted by molar-refractivity contribution is 9.10. The van der Waals surface area contributed by atoms with Gasteiger partial charge >= 0.3 is 0 Å². The number of halogens is 1. The summed E-state index contributed by atoms with van der Waals surface area (Å²) in [4.78, 5) is 16.0. The number of H-pyrrole nitrogens is 1. The predicted octanol–water partition coefficient (Wildman–Crippen LogP) is 2.76. The minimum absolute atomic E-state index is 0.500. The highest BCUT2D eigenvalue weighted by Crippen LogP contribution is 2.20. The molecule has 0 aromatic carbocycles. The number of hydrogen-bond donors (Lipinski definition) is 3. The normalized spacial score (nSPS) is 11.1. The Morgan fingerprint density at radius 3 is 2.89 bits per heavy atom. The Morgan fingerprint density at radius 2 is 2.14 bits per heavy atom. The number of thioether (sulfide) groups is 2. The standard InChI is InChI=1S/C17H22BrN7OS2/c1-26-15-3-2-4-20-13(15)9-27-7-5-21-17(23-11-19)22-6-8-28-10-14-16(18)25-12-24-14/h2-4,12H,5-10H2,1H3,(H,24,25)(H2,21,22,23). The van der Waals surface area contributed by atoms with Gasteiger partial charge in [0.25, 0.3) is 0 Å². The van der Waals surface area contributed by atoms with E-state index in [2.05, 4.69) is 46.5 Å². The van der Waals surface area contributed by atoms with E-state index in [0.29, 0.717) is 19.0 Å². The molecule has 0 saturated carbocycles. The summed E-state index contributed by atoms with van der Waals surface area (Å²) >= 11 is 6.89. The van der Waals surface area contributed by atoms with E-state index >= 15 is 0 Å². The van der Waals surface area contributed by atoms with Gasteiger partial charge in [-0.15, -0.1) is 0 Å². The van der Waals surface area contributed by atoms with Crippen molar-refractivity contribution in [3.8, 4) is 11.9 Å². The Balaban J connectivity index is 1.64. The first kappa shape index (κ1) is 22.4. The van der Waals surface area contributed by atoms with Crippen LogP contribution in [-0.4, -0.2) is 52.6 Å². The molecular formula is C17H22BrN7OS2. The van der Waals surface area contributed by atoms with Crippen LogP contribution in [0, 0.1) is 11.5 Å². The molecule has 0 bridgehead atoms. The number of rotatable bonds is 11. The average molecular weight is 484 g/mol. The highest BCUT2D eigenvalue weighted by Gasteiger charge is 2.04. The van der Waals surface area contributed by atoms with Crippen molar-refractivity contribution in [2.24, 2.45) is 4.99 Å². The van der Waals surface area contributed by atoms with Gasteiger partial charge in [-0.3, -0.25) is 15.3 Å². The van der Waals surface area contributed by atoms with E-state index in [-0.39, 0.29) is 0 Å². The first-order valence-corrected chi connectivity index (χ1v) is 11.6. The topological polar surface area (TPSA) is 111 Å². The minimum atomic E-state index is 0.500. The summed E-state index contributed by atoms with van der Waals surface area (Å²) < 4.78 is 6.21. The van der Waals surface area contributed by atoms with E-state index in [1.54, 1.807) is 43.2 Å². The molecule has 2 aromatic rings. The van der Waals surface area contributed by atoms with Gasteiger partial charge in [0.15, 0.2) is 6.19 Å². The highest BCUT2D eigenvalue weighted by atomic mass is 79.9. The molecule has 0 saturated heterocycles. The maximum absolute atomic E-state index is 8.87. The zero-order chi connectivity index (χ0) is 20.0. The number of hydrogen-bond acceptors (Lipinski definition) is 7. The van der Waals surface area contributed by atoms with Crippen LogP contribution in [0.25, 0.3) is 0 Å². The molecule has 2 heterocycles. The fraction of sp³-hybridized carbons (Fsp3) is 0.412. The lowest BCUT2D eigenvalue weighted by Crippen LogP contribution is -2.36. The second-order valence-corrected chi connectivity index (χ2v) is 8.32. The van der Waals surface area contributed by atoms with Crippen LogP contribution >= 0.6 is 39.5 Å². The van der Waals surface area contributed by atoms with Gasteiger partial charge in [0.1, 0.15) is 10.4 Å². The van der Waals surface area contributed by atoms with Crippen LogP contribution in [0.15, 0.2) is 34.3 Å². The average Bonchev–Trinajstić information content (AvgIpc) is 3.12. The Hall–Kier alpha value is -1.90. The number of ether oxygens (including phenoxy) is 1. The van der Waals surface area contributed by atoms with E-state index in [9.17, 15) is 0 Å². The van der Waals surface area contributed by atoms with Crippen LogP contribution in [0.4, 0.5) is 0 Å². The summed E-state index contributed by atoms with van der Waals surface area (Å²) in [7, 11) is 1.65. The summed E-state index contributed by atoms with van der Waals surface area (Å²) in [6.07, 6.45) is 5.35. The van der Waals surface area contributed by atoms with Crippen molar-refractivity contribution >= 4 is 45.4 Å². The van der Waals surface area contributed by atoms with Crippen molar-refractivity contribution in [1.82, 2.24) is 25.6 Å². The molecule has 0 unspecified atom stereocenters. The molecular weight excluding hydrogens is 462 g/mol. The van der Waals surface area contributed by atoms with Crippen LogP contribution in [0.2, 0.25) is 0 Å². The summed E-state index contributed by atoms with van der Waals surface area (Å²) in [5.41, 5.74) is 1.92. The summed E-state index contributed by atoms with van der Waals surface area (Å²) in [5, 5.41) is 14.6. The van der Waals surface area contributed by atoms with Crippen molar-refractivity contribution in [3.63, 3.8) is 0 Å². The maximum atomic E-state index is 8.87. The number of pyridine rings is 1. The molecule has 0 radical (unpaired) electrons. The largest absolute Gasteiger partial charge is 0.495 e. The Kier molecular flexibility index (Phi) is 10.6. The lowest BCUT2D eigenvalue weighted by Gasteiger charge is -2.09. The van der Waals surface area contributed by atoms with Crippen LogP contribution in [0.1, 0.15) is 11.4 Å². The van der Waals surface area contributed by atoms with Crippen LogP contribution in [0.3, 0.4) is 0 Å². The van der Waals surface area contributed by atoms with Crippen molar-refractivity contribution in [2.45, 2.75) is 11.5 Å². The Morgan fingerprint density at radius 1 is 1.32 bits per heavy atom. The number of nitrogens with one attached hydrogen (secondary N) is 3. The molecule has 28 heavy (non-hydrogen) atoms. The summed E-state index contributed by atoms with van der Waals surface area (Å²) in [5.74, 6) is 4.57. The third-order valence-corrected chi connectivity index (χ3v) is 6.04. The van der Waals surface area contributed by atoms with Gasteiger partial charge in [0.2, 0.25) is 5.96 Å². The minimum Gasteiger partial charge on any atom is -0.495 e. The number of imidazole rings is 1. The van der Waals surface area contributed by atoms with Crippen molar-refractivity contribution in [1.29, 1.82) is 5.26 Å². The maximum Gasteiger partial charge on any atom is 0.204 e. The van der Waals surface area contributed by atoms with E-state index in [1.807, 2.05) is 18.3 Å². The molecule has 3 N–H and O–H groups in total. The second kappa shape index (κ2) is 13.3. The number of nitrogens with zero attached hydrogens (tertiary/aromatic N) is 4. The van der Waals surface area contributed by atoms with E-state index < -0.39 is 0 Å². The summed E-state index contributed by atoms with van der Waals surface area (Å²) in [6.45, 7) is 1.31. The van der Waals surface area contributed by atoms with Gasteiger partial charge in [0.05, 0.1) is 31.4 Å². The second-order valence-electron chi connectivity index (χ2n) is 5.31. The Bertz CT molecular complexity index is 794. The number of aromatic nitrogens is 3. The molecule has 0 aliphatic heterocycles. The molecule has 0 atom stereocenters. The van der Waals surface area contributed by atoms with E-state index in [1.165, 1.54) is 0 Å². The molecule has 150 valence electrons. The molecule has 8 nitrogen and oxygen atoms in total. The lowest BCUT2D eigenvalue weighted by atomic mass is 10.3. The summed E-state index contributed by atoms with van der Waals surface area (Å²) in [6, 6.07) is 3.77. The Labute approximate surface area is 181 Å². The number of aliphatic imine (C=N–C) groups is 1. The fourth-order valence-electron chi connectivity index (χ4n) is 2.12. The third kappa shape index (κ3) is 8.00. The fourth-order valence-corrected chi connectivity index (χ4v) is 4.23. The molecule has 0 spiro atoms. The van der Waals surface area contributed by atoms with Gasteiger partial charge in [-0.1, -0.05) is 0 Å². The molecule has 2 aromatic heterocycles. The predicted molar refractivity (Wildman–Crippen MR) is 118 cm³/mol. The van der Waals surface area contributed by atoms with Gasteiger partial charge in [-0.2, -0.15) is 28.8 Å². The quantitative estimate of drug-likeness (QED) is 0.147.